The van der Waals surface area contributed by atoms with Crippen molar-refractivity contribution in [2.24, 2.45) is 5.92 Å². The number of hydrogen-bond donors (Lipinski definition) is 3. The highest BCUT2D eigenvalue weighted by atomic mass is 35.5. The summed E-state index contributed by atoms with van der Waals surface area (Å²) in [4.78, 5) is 22.4. The predicted molar refractivity (Wildman–Crippen MR) is 103 cm³/mol. The van der Waals surface area contributed by atoms with Crippen LogP contribution in [-0.4, -0.2) is 28.2 Å². The van der Waals surface area contributed by atoms with Crippen molar-refractivity contribution >= 4 is 22.7 Å². The standard InChI is InChI=1S/C22H21NO4.ClH/c23-20(22(26)27)13-19(21(24)25)11-14-5-7-16(8-6-14)18-10-9-15-3-1-2-4-17(15)12-18;/h1-10,12,19-20H,11,13,23H2,(H,24,25)(H,26,27);1H/t19-,20+;/m0./s1. The Hall–Kier alpha value is -2.89. The van der Waals surface area contributed by atoms with Gasteiger partial charge in [0, 0.05) is 6.42 Å². The molecular formula is C22H22ClNO4. The highest BCUT2D eigenvalue weighted by Crippen LogP contribution is 2.25. The lowest BCUT2D eigenvalue weighted by molar-refractivity contribution is -0.410. The first kappa shape index (κ1) is 21.4. The molecule has 5 nitrogen and oxygen atoms in total. The maximum atomic E-state index is 11.5. The van der Waals surface area contributed by atoms with Crippen LogP contribution in [-0.2, 0) is 16.0 Å². The first-order chi connectivity index (χ1) is 12.9. The number of benzene rings is 3. The third kappa shape index (κ3) is 5.09. The van der Waals surface area contributed by atoms with Crippen LogP contribution in [0.25, 0.3) is 21.9 Å². The van der Waals surface area contributed by atoms with Gasteiger partial charge in [-0.1, -0.05) is 60.7 Å². The Bertz CT molecular complexity index is 972. The smallest absolute Gasteiger partial charge is 0.362 e. The molecule has 0 unspecified atom stereocenters. The van der Waals surface area contributed by atoms with E-state index < -0.39 is 23.9 Å². The molecule has 2 atom stereocenters. The number of halogens is 1. The summed E-state index contributed by atoms with van der Waals surface area (Å²) in [5.41, 5.74) is 6.53. The summed E-state index contributed by atoms with van der Waals surface area (Å²) in [6, 6.07) is 21.3. The van der Waals surface area contributed by atoms with Crippen molar-refractivity contribution in [3.05, 3.63) is 72.3 Å². The SMILES string of the molecule is [Cl-].[NH3+][C@H](C[C@H](Cc1ccc(-c2ccc3ccccc3c2)cc1)C(=O)O)C(=O)O. The van der Waals surface area contributed by atoms with Crippen molar-refractivity contribution in [2.75, 3.05) is 0 Å². The second-order valence-electron chi connectivity index (χ2n) is 6.77. The topological polar surface area (TPSA) is 102 Å². The van der Waals surface area contributed by atoms with Crippen LogP contribution in [0.4, 0.5) is 0 Å². The maximum Gasteiger partial charge on any atom is 0.362 e. The zero-order valence-electron chi connectivity index (χ0n) is 15.2. The molecule has 0 heterocycles. The van der Waals surface area contributed by atoms with Crippen LogP contribution >= 0.6 is 0 Å². The zero-order valence-corrected chi connectivity index (χ0v) is 16.0. The van der Waals surface area contributed by atoms with Gasteiger partial charge in [-0.25, -0.2) is 4.79 Å². The van der Waals surface area contributed by atoms with Crippen molar-refractivity contribution in [1.29, 1.82) is 0 Å². The molecule has 0 aliphatic carbocycles. The Balaban J connectivity index is 0.00000280. The molecule has 0 amide bonds. The number of carboxylic acid groups (broad SMARTS) is 2. The first-order valence-corrected chi connectivity index (χ1v) is 8.81. The summed E-state index contributed by atoms with van der Waals surface area (Å²) in [6.07, 6.45) is 0.295. The molecule has 5 N–H and O–H groups in total. The van der Waals surface area contributed by atoms with Crippen molar-refractivity contribution in [3.8, 4) is 11.1 Å². The van der Waals surface area contributed by atoms with Crippen LogP contribution in [0.3, 0.4) is 0 Å². The number of fused-ring (bicyclic) bond motifs is 1. The molecule has 0 aliphatic rings. The molecule has 0 aromatic heterocycles. The lowest BCUT2D eigenvalue weighted by Crippen LogP contribution is -3.00. The number of quaternary nitrogens is 1. The Morgan fingerprint density at radius 2 is 1.43 bits per heavy atom. The van der Waals surface area contributed by atoms with E-state index in [1.165, 1.54) is 10.8 Å². The van der Waals surface area contributed by atoms with Gasteiger partial charge in [-0.15, -0.1) is 0 Å². The maximum absolute atomic E-state index is 11.5. The molecule has 3 aromatic rings. The largest absolute Gasteiger partial charge is 1.00 e. The van der Waals surface area contributed by atoms with Gasteiger partial charge in [0.15, 0.2) is 6.04 Å². The normalized spacial score (nSPS) is 12.8. The minimum Gasteiger partial charge on any atom is -1.00 e. The quantitative estimate of drug-likeness (QED) is 0.513. The van der Waals surface area contributed by atoms with Gasteiger partial charge in [-0.3, -0.25) is 4.79 Å². The van der Waals surface area contributed by atoms with Gasteiger partial charge in [0.2, 0.25) is 0 Å². The molecular weight excluding hydrogens is 378 g/mol. The summed E-state index contributed by atoms with van der Waals surface area (Å²) >= 11 is 0. The highest BCUT2D eigenvalue weighted by molar-refractivity contribution is 5.87. The number of rotatable bonds is 7. The monoisotopic (exact) mass is 399 g/mol. The lowest BCUT2D eigenvalue weighted by Gasteiger charge is -2.13. The van der Waals surface area contributed by atoms with Gasteiger partial charge in [-0.2, -0.15) is 0 Å². The molecule has 0 aliphatic heterocycles. The van der Waals surface area contributed by atoms with Gasteiger partial charge in [0.05, 0.1) is 5.92 Å². The van der Waals surface area contributed by atoms with E-state index in [0.29, 0.717) is 0 Å². The van der Waals surface area contributed by atoms with Crippen molar-refractivity contribution in [2.45, 2.75) is 18.9 Å². The van der Waals surface area contributed by atoms with Crippen LogP contribution in [0.1, 0.15) is 12.0 Å². The summed E-state index contributed by atoms with van der Waals surface area (Å²) in [7, 11) is 0. The van der Waals surface area contributed by atoms with Gasteiger partial charge in [0.1, 0.15) is 0 Å². The lowest BCUT2D eigenvalue weighted by atomic mass is 9.92. The van der Waals surface area contributed by atoms with E-state index in [1.54, 1.807) is 0 Å². The number of carboxylic acids is 2. The van der Waals surface area contributed by atoms with Gasteiger partial charge < -0.3 is 28.4 Å². The van der Waals surface area contributed by atoms with E-state index in [-0.39, 0.29) is 25.2 Å². The highest BCUT2D eigenvalue weighted by Gasteiger charge is 2.27. The molecule has 3 aromatic carbocycles. The van der Waals surface area contributed by atoms with Crippen molar-refractivity contribution < 1.29 is 37.9 Å². The van der Waals surface area contributed by atoms with Crippen LogP contribution in [0.5, 0.6) is 0 Å². The molecule has 6 heteroatoms. The average molecular weight is 400 g/mol. The molecule has 146 valence electrons. The molecule has 0 saturated carbocycles. The summed E-state index contributed by atoms with van der Waals surface area (Å²) in [5.74, 6) is -2.84. The third-order valence-corrected chi connectivity index (χ3v) is 4.79. The molecule has 0 bridgehead atoms. The van der Waals surface area contributed by atoms with E-state index in [9.17, 15) is 14.7 Å². The van der Waals surface area contributed by atoms with E-state index in [4.69, 9.17) is 5.11 Å². The third-order valence-electron chi connectivity index (χ3n) is 4.79. The minimum absolute atomic E-state index is 0. The van der Waals surface area contributed by atoms with E-state index in [2.05, 4.69) is 36.1 Å². The molecule has 0 spiro atoms. The van der Waals surface area contributed by atoms with Gasteiger partial charge in [0.25, 0.3) is 0 Å². The molecule has 28 heavy (non-hydrogen) atoms. The van der Waals surface area contributed by atoms with Crippen LogP contribution < -0.4 is 18.1 Å². The summed E-state index contributed by atoms with van der Waals surface area (Å²) < 4.78 is 0. The number of hydrogen-bond acceptors (Lipinski definition) is 2. The van der Waals surface area contributed by atoms with Crippen LogP contribution in [0, 0.1) is 5.92 Å². The molecule has 0 saturated heterocycles. The van der Waals surface area contributed by atoms with E-state index in [1.807, 2.05) is 36.4 Å². The fourth-order valence-corrected chi connectivity index (χ4v) is 3.20. The number of aliphatic carboxylic acids is 2. The van der Waals surface area contributed by atoms with Crippen molar-refractivity contribution in [3.63, 3.8) is 0 Å². The van der Waals surface area contributed by atoms with Crippen LogP contribution in [0.15, 0.2) is 66.7 Å². The number of carbonyl (C=O) groups is 2. The minimum atomic E-state index is -1.08. The molecule has 0 fully saturated rings. The second-order valence-corrected chi connectivity index (χ2v) is 6.77. The average Bonchev–Trinajstić information content (AvgIpc) is 2.67. The van der Waals surface area contributed by atoms with E-state index >= 15 is 0 Å². The molecule has 0 radical (unpaired) electrons. The second kappa shape index (κ2) is 9.35. The Morgan fingerprint density at radius 3 is 2.04 bits per heavy atom. The first-order valence-electron chi connectivity index (χ1n) is 8.81. The predicted octanol–water partition coefficient (Wildman–Crippen LogP) is -0.161. The van der Waals surface area contributed by atoms with Gasteiger partial charge >= 0.3 is 11.9 Å². The van der Waals surface area contributed by atoms with E-state index in [0.717, 1.165) is 16.7 Å². The Kier molecular flexibility index (Phi) is 7.15. The molecule has 3 rings (SSSR count). The Morgan fingerprint density at radius 1 is 0.821 bits per heavy atom. The summed E-state index contributed by atoms with van der Waals surface area (Å²) in [5, 5.41) is 20.7. The van der Waals surface area contributed by atoms with Gasteiger partial charge in [-0.05, 0) is 39.9 Å². The van der Waals surface area contributed by atoms with Crippen molar-refractivity contribution in [1.82, 2.24) is 0 Å². The summed E-state index contributed by atoms with van der Waals surface area (Å²) in [6.45, 7) is 0. The van der Waals surface area contributed by atoms with Crippen LogP contribution in [0.2, 0.25) is 0 Å². The fraction of sp³-hybridized carbons (Fsp3) is 0.182. The fourth-order valence-electron chi connectivity index (χ4n) is 3.20. The zero-order chi connectivity index (χ0) is 19.4. The Labute approximate surface area is 169 Å².